The van der Waals surface area contributed by atoms with E-state index >= 15 is 0 Å². The van der Waals surface area contributed by atoms with Gasteiger partial charge in [0.2, 0.25) is 0 Å². The van der Waals surface area contributed by atoms with Gasteiger partial charge >= 0.3 is 5.97 Å². The third-order valence-corrected chi connectivity index (χ3v) is 2.64. The van der Waals surface area contributed by atoms with Crippen LogP contribution in [0.3, 0.4) is 0 Å². The van der Waals surface area contributed by atoms with E-state index in [1.807, 2.05) is 0 Å². The molecule has 2 rings (SSSR count). The molecule has 0 N–H and O–H groups in total. The SMILES string of the molecule is COC(=O)c1cccc(-c2c(F)cccc2F)c1F. The normalized spacial score (nSPS) is 10.3. The summed E-state index contributed by atoms with van der Waals surface area (Å²) in [6, 6.07) is 6.92. The van der Waals surface area contributed by atoms with Crippen LogP contribution in [0.4, 0.5) is 13.2 Å². The lowest BCUT2D eigenvalue weighted by Crippen LogP contribution is -2.06. The summed E-state index contributed by atoms with van der Waals surface area (Å²) in [5.74, 6) is -3.73. The van der Waals surface area contributed by atoms with Crippen molar-refractivity contribution < 1.29 is 22.7 Å². The van der Waals surface area contributed by atoms with Crippen LogP contribution in [0.1, 0.15) is 10.4 Å². The van der Waals surface area contributed by atoms with Crippen molar-refractivity contribution >= 4 is 5.97 Å². The van der Waals surface area contributed by atoms with E-state index in [4.69, 9.17) is 0 Å². The Bertz CT molecular complexity index is 618. The predicted octanol–water partition coefficient (Wildman–Crippen LogP) is 3.56. The number of ether oxygens (including phenoxy) is 1. The molecular weight excluding hydrogens is 257 g/mol. The van der Waals surface area contributed by atoms with Crippen molar-refractivity contribution in [3.63, 3.8) is 0 Å². The fourth-order valence-corrected chi connectivity index (χ4v) is 1.75. The fraction of sp³-hybridized carbons (Fsp3) is 0.0714. The number of rotatable bonds is 2. The summed E-state index contributed by atoms with van der Waals surface area (Å²) in [6.07, 6.45) is 0. The number of carbonyl (C=O) groups is 1. The number of benzene rings is 2. The molecule has 0 radical (unpaired) electrons. The van der Waals surface area contributed by atoms with Gasteiger partial charge in [-0.3, -0.25) is 0 Å². The maximum Gasteiger partial charge on any atom is 0.340 e. The van der Waals surface area contributed by atoms with Gasteiger partial charge in [0.25, 0.3) is 0 Å². The van der Waals surface area contributed by atoms with Crippen molar-refractivity contribution in [3.05, 3.63) is 59.4 Å². The highest BCUT2D eigenvalue weighted by molar-refractivity contribution is 5.91. The van der Waals surface area contributed by atoms with Gasteiger partial charge in [-0.1, -0.05) is 18.2 Å². The smallest absolute Gasteiger partial charge is 0.340 e. The Morgan fingerprint density at radius 1 is 1.00 bits per heavy atom. The number of carbonyl (C=O) groups excluding carboxylic acids is 1. The Hall–Kier alpha value is -2.30. The number of esters is 1. The van der Waals surface area contributed by atoms with Gasteiger partial charge in [-0.15, -0.1) is 0 Å². The minimum absolute atomic E-state index is 0.321. The van der Waals surface area contributed by atoms with Crippen LogP contribution >= 0.6 is 0 Å². The summed E-state index contributed by atoms with van der Waals surface area (Å²) in [5, 5.41) is 0. The molecule has 2 nitrogen and oxygen atoms in total. The predicted molar refractivity (Wildman–Crippen MR) is 63.1 cm³/mol. The van der Waals surface area contributed by atoms with E-state index in [0.29, 0.717) is 0 Å². The first-order valence-electron chi connectivity index (χ1n) is 5.37. The van der Waals surface area contributed by atoms with Gasteiger partial charge in [0, 0.05) is 5.56 Å². The molecule has 0 fully saturated rings. The molecule has 0 aliphatic rings. The minimum Gasteiger partial charge on any atom is -0.465 e. The zero-order chi connectivity index (χ0) is 14.0. The summed E-state index contributed by atoms with van der Waals surface area (Å²) >= 11 is 0. The van der Waals surface area contributed by atoms with E-state index in [9.17, 15) is 18.0 Å². The number of hydrogen-bond acceptors (Lipinski definition) is 2. The van der Waals surface area contributed by atoms with Crippen molar-refractivity contribution in [3.8, 4) is 11.1 Å². The Balaban J connectivity index is 2.67. The van der Waals surface area contributed by atoms with Crippen LogP contribution in [0.2, 0.25) is 0 Å². The van der Waals surface area contributed by atoms with Crippen LogP contribution in [0.5, 0.6) is 0 Å². The lowest BCUT2D eigenvalue weighted by Gasteiger charge is -2.09. The van der Waals surface area contributed by atoms with Gasteiger partial charge in [-0.05, 0) is 18.2 Å². The van der Waals surface area contributed by atoms with E-state index in [0.717, 1.165) is 19.2 Å². The summed E-state index contributed by atoms with van der Waals surface area (Å²) in [4.78, 5) is 11.3. The van der Waals surface area contributed by atoms with Crippen molar-refractivity contribution in [2.45, 2.75) is 0 Å². The van der Waals surface area contributed by atoms with Crippen molar-refractivity contribution in [1.82, 2.24) is 0 Å². The van der Waals surface area contributed by atoms with E-state index in [1.54, 1.807) is 0 Å². The summed E-state index contributed by atoms with van der Waals surface area (Å²) in [5.41, 5.74) is -1.20. The molecule has 0 unspecified atom stereocenters. The monoisotopic (exact) mass is 266 g/mol. The highest BCUT2D eigenvalue weighted by Gasteiger charge is 2.20. The van der Waals surface area contributed by atoms with E-state index in [2.05, 4.69) is 4.74 Å². The molecule has 0 heterocycles. The summed E-state index contributed by atoms with van der Waals surface area (Å²) in [6.45, 7) is 0. The molecule has 0 aliphatic heterocycles. The van der Waals surface area contributed by atoms with E-state index < -0.39 is 29.0 Å². The molecule has 0 amide bonds. The van der Waals surface area contributed by atoms with Gasteiger partial charge in [-0.25, -0.2) is 18.0 Å². The largest absolute Gasteiger partial charge is 0.465 e. The Morgan fingerprint density at radius 3 is 2.16 bits per heavy atom. The van der Waals surface area contributed by atoms with E-state index in [-0.39, 0.29) is 11.1 Å². The zero-order valence-electron chi connectivity index (χ0n) is 9.91. The van der Waals surface area contributed by atoms with Crippen LogP contribution in [0.25, 0.3) is 11.1 Å². The highest BCUT2D eigenvalue weighted by atomic mass is 19.1. The van der Waals surface area contributed by atoms with E-state index in [1.165, 1.54) is 24.3 Å². The molecule has 0 aromatic heterocycles. The van der Waals surface area contributed by atoms with Gasteiger partial charge in [0.05, 0.1) is 18.2 Å². The molecule has 0 bridgehead atoms. The lowest BCUT2D eigenvalue weighted by atomic mass is 10.0. The molecule has 0 spiro atoms. The van der Waals surface area contributed by atoms with Crippen LogP contribution in [0, 0.1) is 17.5 Å². The van der Waals surface area contributed by atoms with Crippen molar-refractivity contribution in [2.75, 3.05) is 7.11 Å². The highest BCUT2D eigenvalue weighted by Crippen LogP contribution is 2.29. The Kier molecular flexibility index (Phi) is 3.55. The lowest BCUT2D eigenvalue weighted by molar-refractivity contribution is 0.0595. The molecule has 2 aromatic carbocycles. The average molecular weight is 266 g/mol. The topological polar surface area (TPSA) is 26.3 Å². The number of hydrogen-bond donors (Lipinski definition) is 0. The summed E-state index contributed by atoms with van der Waals surface area (Å²) in [7, 11) is 1.10. The second-order valence-electron chi connectivity index (χ2n) is 3.76. The molecule has 0 atom stereocenters. The third kappa shape index (κ3) is 2.31. The van der Waals surface area contributed by atoms with Crippen molar-refractivity contribution in [1.29, 1.82) is 0 Å². The average Bonchev–Trinajstić information content (AvgIpc) is 2.39. The molecule has 0 aliphatic carbocycles. The maximum atomic E-state index is 14.1. The number of methoxy groups -OCH3 is 1. The second kappa shape index (κ2) is 5.14. The molecule has 2 aromatic rings. The molecule has 5 heteroatoms. The standard InChI is InChI=1S/C14H9F3O2/c1-19-14(18)9-5-2-4-8(13(9)17)12-10(15)6-3-7-11(12)16/h2-7H,1H3. The van der Waals surface area contributed by atoms with Crippen LogP contribution < -0.4 is 0 Å². The Labute approximate surface area is 107 Å². The van der Waals surface area contributed by atoms with Crippen LogP contribution in [0.15, 0.2) is 36.4 Å². The zero-order valence-corrected chi connectivity index (χ0v) is 9.91. The molecular formula is C14H9F3O2. The quantitative estimate of drug-likeness (QED) is 0.777. The van der Waals surface area contributed by atoms with Gasteiger partial charge in [-0.2, -0.15) is 0 Å². The van der Waals surface area contributed by atoms with Crippen LogP contribution in [-0.2, 0) is 4.74 Å². The maximum absolute atomic E-state index is 14.1. The molecule has 19 heavy (non-hydrogen) atoms. The first-order valence-corrected chi connectivity index (χ1v) is 5.37. The molecule has 0 saturated heterocycles. The Morgan fingerprint density at radius 2 is 1.58 bits per heavy atom. The van der Waals surface area contributed by atoms with Gasteiger partial charge in [0.1, 0.15) is 17.5 Å². The first kappa shape index (κ1) is 13.1. The fourth-order valence-electron chi connectivity index (χ4n) is 1.75. The van der Waals surface area contributed by atoms with Gasteiger partial charge in [0.15, 0.2) is 0 Å². The first-order chi connectivity index (χ1) is 9.06. The third-order valence-electron chi connectivity index (χ3n) is 2.64. The number of halogens is 3. The van der Waals surface area contributed by atoms with Crippen LogP contribution in [-0.4, -0.2) is 13.1 Å². The van der Waals surface area contributed by atoms with Gasteiger partial charge < -0.3 is 4.74 Å². The molecule has 0 saturated carbocycles. The molecule has 98 valence electrons. The second-order valence-corrected chi connectivity index (χ2v) is 3.76. The van der Waals surface area contributed by atoms with Crippen molar-refractivity contribution in [2.24, 2.45) is 0 Å². The minimum atomic E-state index is -1.02. The summed E-state index contributed by atoms with van der Waals surface area (Å²) < 4.78 is 45.7.